The van der Waals surface area contributed by atoms with Crippen molar-refractivity contribution in [3.8, 4) is 0 Å². The van der Waals surface area contributed by atoms with E-state index >= 15 is 0 Å². The predicted octanol–water partition coefficient (Wildman–Crippen LogP) is 2.60. The van der Waals surface area contributed by atoms with Gasteiger partial charge >= 0.3 is 11.9 Å². The van der Waals surface area contributed by atoms with Crippen molar-refractivity contribution in [2.45, 2.75) is 13.8 Å². The van der Waals surface area contributed by atoms with Crippen molar-refractivity contribution in [2.24, 2.45) is 0 Å². The highest BCUT2D eigenvalue weighted by Crippen LogP contribution is 2.20. The fourth-order valence-electron chi connectivity index (χ4n) is 2.13. The van der Waals surface area contributed by atoms with Crippen LogP contribution in [0.3, 0.4) is 0 Å². The molecule has 2 rings (SSSR count). The van der Waals surface area contributed by atoms with Crippen LogP contribution in [0.15, 0.2) is 36.5 Å². The Bertz CT molecular complexity index is 718. The molecular weight excluding hydrogens is 298 g/mol. The average Bonchev–Trinajstić information content (AvgIpc) is 3.00. The number of nitrogens with one attached hydrogen (secondary N) is 1. The quantitative estimate of drug-likeness (QED) is 0.654. The molecule has 6 nitrogen and oxygen atoms in total. The van der Waals surface area contributed by atoms with Gasteiger partial charge in [0.1, 0.15) is 11.3 Å². The number of esters is 2. The molecule has 1 heterocycles. The van der Waals surface area contributed by atoms with Gasteiger partial charge in [-0.05, 0) is 13.8 Å². The number of hydrogen-bond acceptors (Lipinski definition) is 5. The van der Waals surface area contributed by atoms with Crippen LogP contribution in [0.2, 0.25) is 0 Å². The number of aromatic amines is 1. The summed E-state index contributed by atoms with van der Waals surface area (Å²) in [4.78, 5) is 39.4. The van der Waals surface area contributed by atoms with E-state index in [-0.39, 0.29) is 35.8 Å². The van der Waals surface area contributed by atoms with E-state index < -0.39 is 11.9 Å². The zero-order valence-corrected chi connectivity index (χ0v) is 12.9. The Balaban J connectivity index is 2.49. The highest BCUT2D eigenvalue weighted by molar-refractivity contribution is 6.17. The van der Waals surface area contributed by atoms with Crippen LogP contribution >= 0.6 is 0 Å². The first-order chi connectivity index (χ1) is 11.1. The molecule has 6 heteroatoms. The van der Waals surface area contributed by atoms with Crippen LogP contribution in [-0.4, -0.2) is 35.9 Å². The molecule has 0 bridgehead atoms. The molecule has 1 N–H and O–H groups in total. The van der Waals surface area contributed by atoms with E-state index in [1.54, 1.807) is 44.2 Å². The van der Waals surface area contributed by atoms with Crippen molar-refractivity contribution in [1.82, 2.24) is 4.98 Å². The number of carbonyl (C=O) groups is 3. The summed E-state index contributed by atoms with van der Waals surface area (Å²) in [7, 11) is 0. The number of hydrogen-bond donors (Lipinski definition) is 1. The van der Waals surface area contributed by atoms with Gasteiger partial charge in [-0.2, -0.15) is 0 Å². The van der Waals surface area contributed by atoms with Crippen LogP contribution in [0, 0.1) is 0 Å². The van der Waals surface area contributed by atoms with Crippen LogP contribution in [-0.2, 0) is 9.47 Å². The lowest BCUT2D eigenvalue weighted by Crippen LogP contribution is -2.16. The third-order valence-corrected chi connectivity index (χ3v) is 3.12. The molecule has 0 amide bonds. The van der Waals surface area contributed by atoms with Crippen LogP contribution in [0.5, 0.6) is 0 Å². The Morgan fingerprint density at radius 2 is 1.57 bits per heavy atom. The number of carbonyl (C=O) groups excluding carboxylic acids is 3. The fraction of sp³-hybridized carbons (Fsp3) is 0.235. The van der Waals surface area contributed by atoms with E-state index in [2.05, 4.69) is 4.98 Å². The van der Waals surface area contributed by atoms with Gasteiger partial charge in [-0.3, -0.25) is 4.79 Å². The summed E-state index contributed by atoms with van der Waals surface area (Å²) in [5, 5.41) is 0. The molecule has 0 saturated heterocycles. The monoisotopic (exact) mass is 315 g/mol. The minimum atomic E-state index is -0.740. The first kappa shape index (κ1) is 16.5. The number of ether oxygens (including phenoxy) is 2. The summed E-state index contributed by atoms with van der Waals surface area (Å²) in [6.45, 7) is 3.58. The minimum absolute atomic E-state index is 0.0791. The minimum Gasteiger partial charge on any atom is -0.462 e. The Kier molecular flexibility index (Phi) is 5.30. The summed E-state index contributed by atoms with van der Waals surface area (Å²) in [6, 6.07) is 8.49. The van der Waals surface area contributed by atoms with E-state index in [0.29, 0.717) is 5.56 Å². The lowest BCUT2D eigenvalue weighted by molar-refractivity contribution is 0.0474. The molecule has 0 aliphatic rings. The summed E-state index contributed by atoms with van der Waals surface area (Å²) in [6.07, 6.45) is 1.33. The van der Waals surface area contributed by atoms with Gasteiger partial charge in [0, 0.05) is 11.8 Å². The van der Waals surface area contributed by atoms with Gasteiger partial charge in [0.25, 0.3) is 0 Å². The van der Waals surface area contributed by atoms with Crippen molar-refractivity contribution in [2.75, 3.05) is 13.2 Å². The van der Waals surface area contributed by atoms with Crippen molar-refractivity contribution in [1.29, 1.82) is 0 Å². The molecule has 1 aromatic heterocycles. The average molecular weight is 315 g/mol. The third-order valence-electron chi connectivity index (χ3n) is 3.12. The van der Waals surface area contributed by atoms with Crippen molar-refractivity contribution >= 4 is 17.7 Å². The third kappa shape index (κ3) is 3.48. The number of H-pyrrole nitrogens is 1. The van der Waals surface area contributed by atoms with E-state index in [4.69, 9.17) is 9.47 Å². The molecular formula is C17H17NO5. The number of ketones is 1. The number of aromatic nitrogens is 1. The van der Waals surface area contributed by atoms with Gasteiger partial charge in [-0.25, -0.2) is 9.59 Å². The Labute approximate surface area is 133 Å². The molecule has 0 spiro atoms. The van der Waals surface area contributed by atoms with Crippen molar-refractivity contribution in [3.63, 3.8) is 0 Å². The van der Waals surface area contributed by atoms with Gasteiger partial charge in [-0.15, -0.1) is 0 Å². The van der Waals surface area contributed by atoms with E-state index in [1.165, 1.54) is 6.20 Å². The van der Waals surface area contributed by atoms with Crippen LogP contribution < -0.4 is 0 Å². The summed E-state index contributed by atoms with van der Waals surface area (Å²) in [5.41, 5.74) is 0.314. The van der Waals surface area contributed by atoms with Crippen LogP contribution in [0.4, 0.5) is 0 Å². The second-order valence-corrected chi connectivity index (χ2v) is 4.59. The van der Waals surface area contributed by atoms with E-state index in [0.717, 1.165) is 0 Å². The molecule has 0 saturated carbocycles. The summed E-state index contributed by atoms with van der Waals surface area (Å²) >= 11 is 0. The number of rotatable bonds is 6. The molecule has 23 heavy (non-hydrogen) atoms. The van der Waals surface area contributed by atoms with Crippen LogP contribution in [0.25, 0.3) is 0 Å². The fourth-order valence-corrected chi connectivity index (χ4v) is 2.13. The topological polar surface area (TPSA) is 85.5 Å². The molecule has 2 aromatic rings. The molecule has 0 aliphatic carbocycles. The first-order valence-electron chi connectivity index (χ1n) is 7.25. The second-order valence-electron chi connectivity index (χ2n) is 4.59. The molecule has 0 unspecified atom stereocenters. The molecule has 0 fully saturated rings. The molecule has 1 aromatic carbocycles. The maximum absolute atomic E-state index is 12.6. The summed E-state index contributed by atoms with van der Waals surface area (Å²) < 4.78 is 9.87. The smallest absolute Gasteiger partial charge is 0.355 e. The Morgan fingerprint density at radius 1 is 0.957 bits per heavy atom. The van der Waals surface area contributed by atoms with Crippen molar-refractivity contribution in [3.05, 3.63) is 58.9 Å². The maximum Gasteiger partial charge on any atom is 0.355 e. The van der Waals surface area contributed by atoms with Gasteiger partial charge < -0.3 is 14.5 Å². The van der Waals surface area contributed by atoms with Gasteiger partial charge in [-0.1, -0.05) is 30.3 Å². The Morgan fingerprint density at radius 3 is 2.17 bits per heavy atom. The van der Waals surface area contributed by atoms with Gasteiger partial charge in [0.05, 0.1) is 18.8 Å². The standard InChI is InChI=1S/C17H17NO5/c1-3-22-16(20)13-12(10-18-14(13)17(21)23-4-2)15(19)11-8-6-5-7-9-11/h5-10,18H,3-4H2,1-2H3. The lowest BCUT2D eigenvalue weighted by atomic mass is 10.0. The first-order valence-corrected chi connectivity index (χ1v) is 7.25. The highest BCUT2D eigenvalue weighted by atomic mass is 16.5. The zero-order chi connectivity index (χ0) is 16.8. The largest absolute Gasteiger partial charge is 0.462 e. The molecule has 0 radical (unpaired) electrons. The maximum atomic E-state index is 12.6. The van der Waals surface area contributed by atoms with Gasteiger partial charge in [0.2, 0.25) is 0 Å². The lowest BCUT2D eigenvalue weighted by Gasteiger charge is -2.06. The Hall–Kier alpha value is -2.89. The highest BCUT2D eigenvalue weighted by Gasteiger charge is 2.28. The van der Waals surface area contributed by atoms with Crippen molar-refractivity contribution < 1.29 is 23.9 Å². The van der Waals surface area contributed by atoms with Crippen LogP contribution in [0.1, 0.15) is 50.6 Å². The van der Waals surface area contributed by atoms with E-state index in [9.17, 15) is 14.4 Å². The van der Waals surface area contributed by atoms with Gasteiger partial charge in [0.15, 0.2) is 5.78 Å². The molecule has 0 aliphatic heterocycles. The van der Waals surface area contributed by atoms with E-state index in [1.807, 2.05) is 0 Å². The predicted molar refractivity (Wildman–Crippen MR) is 82.6 cm³/mol. The molecule has 120 valence electrons. The number of benzene rings is 1. The zero-order valence-electron chi connectivity index (χ0n) is 12.9. The normalized spacial score (nSPS) is 10.2. The SMILES string of the molecule is CCOC(=O)c1[nH]cc(C(=O)c2ccccc2)c1C(=O)OCC. The second kappa shape index (κ2) is 7.40. The summed E-state index contributed by atoms with van der Waals surface area (Å²) in [5.74, 6) is -1.82. The molecule has 0 atom stereocenters.